The number of hydrogen-bond acceptors (Lipinski definition) is 10. The number of carbonyl (C=O) groups excluding carboxylic acids is 2. The molecule has 32 heteroatoms. The number of hydrogen-bond donors (Lipinski definition) is 0. The van der Waals surface area contributed by atoms with Crippen molar-refractivity contribution in [2.24, 2.45) is 10.8 Å². The fraction of sp³-hybridized carbons (Fsp3) is 0.333. The minimum atomic E-state index is -6.66. The van der Waals surface area contributed by atoms with Crippen LogP contribution in [0.4, 0.5) is 68.2 Å². The number of halogens is 14. The molecule has 10 aromatic carbocycles. The summed E-state index contributed by atoms with van der Waals surface area (Å²) in [5.74, 6) is -3.45. The van der Waals surface area contributed by atoms with Crippen LogP contribution >= 0.6 is 0 Å². The summed E-state index contributed by atoms with van der Waals surface area (Å²) in [5.41, 5.74) is 18.8. The van der Waals surface area contributed by atoms with Gasteiger partial charge in [-0.15, -0.1) is 0 Å². The third-order valence-electron chi connectivity index (χ3n) is 24.4. The summed E-state index contributed by atoms with van der Waals surface area (Å²) >= 11 is 0. The maximum atomic E-state index is 12.9. The first kappa shape index (κ1) is 111. The van der Waals surface area contributed by atoms with Crippen LogP contribution < -0.4 is 45.0 Å². The summed E-state index contributed by atoms with van der Waals surface area (Å²) < 4.78 is 233. The average molecular weight is 1990 g/mol. The van der Waals surface area contributed by atoms with E-state index in [1.807, 2.05) is 0 Å². The van der Waals surface area contributed by atoms with Crippen LogP contribution in [0.3, 0.4) is 0 Å². The summed E-state index contributed by atoms with van der Waals surface area (Å²) in [6.45, 7) is 19.7. The molecule has 2 aliphatic heterocycles. The van der Waals surface area contributed by atoms with Crippen molar-refractivity contribution in [1.82, 2.24) is 9.13 Å². The van der Waals surface area contributed by atoms with Gasteiger partial charge in [-0.1, -0.05) is 248 Å². The van der Waals surface area contributed by atoms with Crippen LogP contribution in [0.5, 0.6) is 0 Å². The van der Waals surface area contributed by atoms with E-state index >= 15 is 0 Å². The molecule has 0 saturated heterocycles. The van der Waals surface area contributed by atoms with Gasteiger partial charge in [0.1, 0.15) is 13.1 Å². The molecule has 140 heavy (non-hydrogen) atoms. The minimum Gasteiger partial charge on any atom is -1.00 e. The number of esters is 2. The number of rotatable bonds is 26. The van der Waals surface area contributed by atoms with Crippen molar-refractivity contribution in [2.75, 3.05) is 13.1 Å². The van der Waals surface area contributed by atoms with Crippen LogP contribution in [0.2, 0.25) is 0 Å². The molecule has 0 fully saturated rings. The Labute approximate surface area is 828 Å². The van der Waals surface area contributed by atoms with Crippen molar-refractivity contribution in [1.29, 1.82) is 0 Å². The van der Waals surface area contributed by atoms with Crippen LogP contribution in [-0.2, 0) is 52.4 Å². The van der Waals surface area contributed by atoms with Crippen LogP contribution in [0.1, 0.15) is 181 Å². The van der Waals surface area contributed by atoms with E-state index in [1.165, 1.54) is 205 Å². The zero-order chi connectivity index (χ0) is 100. The standard InChI is InChI=1S/2C46H45N2.2C8H11F5O5S.BF3.FH.Na/c2*1-3-5-31-47-40(38-23-11-19-34-21-13-25-42(47)45(34)38)29-27-36-17-10-18-37(44(36)33-15-8-7-9-16-33)28-30-41-39-24-12-20-35-22-14-26-43(46(35)39)48(41)32-6-4-2;2*1-6(2,3)5(14)18-4(7(9,10)11)8(12,13)19(15,16)17;2-1(3)4;;/h2*7-9,11-16,19-30H,3-6,10,17-18,31-32H2,1-2H3;2*4H,1-3H3,(H,15,16,17);;1H;/q2*+1;;;;;+1/p-3. The Morgan fingerprint density at radius 1 is 0.414 bits per heavy atom. The molecule has 12 aromatic rings. The SMILES string of the molecule is CC(C)(C)C(=O)OC(C(F)(F)F)C(F)(F)S(=O)(=O)[O-].CC(C)(C)C(=O)OC(C(F)(F)F)C(F)(F)S(=O)(=O)[O-].CCCCn1/c(=C/C=C2\CCCC(/C=C/C3=[N+](CCCC)c4cccc5cccc3c45)=C2c2ccccc2)c2cccc3cccc1c32.CCCCn1/c(=C/C=C2\CCCC(/C=C/C3=[N+](CCCC)c4cccc5cccc3c45)=C2c2ccccc2)c2cccc3cccc1c32.FB(F)F.[F-].[Na+]. The number of allylic oxidation sites excluding steroid dienone is 12. The van der Waals surface area contributed by atoms with Crippen molar-refractivity contribution in [3.8, 4) is 0 Å². The monoisotopic (exact) mass is 1990 g/mol. The predicted octanol–water partition coefficient (Wildman–Crippen LogP) is 20.8. The first-order chi connectivity index (χ1) is 65.3. The molecule has 0 radical (unpaired) electrons. The molecular weight excluding hydrogens is 1880 g/mol. The first-order valence-corrected chi connectivity index (χ1v) is 48.9. The number of aryl methyl sites for hydroxylation is 2. The normalized spacial score (nSPS) is 15.7. The van der Waals surface area contributed by atoms with Crippen molar-refractivity contribution in [2.45, 2.75) is 207 Å². The second-order valence-electron chi connectivity index (χ2n) is 36.3. The van der Waals surface area contributed by atoms with E-state index in [1.54, 1.807) is 0 Å². The molecule has 0 N–H and O–H groups in total. The largest absolute Gasteiger partial charge is 1.00 e. The van der Waals surface area contributed by atoms with E-state index in [0.717, 1.165) is 106 Å². The van der Waals surface area contributed by atoms with E-state index in [2.05, 4.69) is 310 Å². The van der Waals surface area contributed by atoms with Gasteiger partial charge in [-0.05, 0) is 195 Å². The second kappa shape index (κ2) is 46.8. The molecule has 736 valence electrons. The Balaban J connectivity index is 0.000000205. The molecule has 2 unspecified atom stereocenters. The zero-order valence-corrected chi connectivity index (χ0v) is 83.3. The molecule has 2 aromatic heterocycles. The number of benzene rings is 10. The van der Waals surface area contributed by atoms with Crippen LogP contribution in [0.25, 0.3) is 88.2 Å². The molecule has 14 nitrogen and oxygen atoms in total. The number of aromatic nitrogens is 2. The smallest absolute Gasteiger partial charge is 1.00 e. The maximum Gasteiger partial charge on any atom is 1.00 e. The van der Waals surface area contributed by atoms with Gasteiger partial charge in [0.2, 0.25) is 22.8 Å². The number of ether oxygens (including phenoxy) is 2. The molecule has 16 rings (SSSR count). The second-order valence-corrected chi connectivity index (χ2v) is 39.2. The molecular formula is C108H110BF14N4NaO10S2. The Kier molecular flexibility index (Phi) is 37.1. The molecule has 0 saturated carbocycles. The molecule has 2 aliphatic carbocycles. The maximum absolute atomic E-state index is 12.9. The third-order valence-corrected chi connectivity index (χ3v) is 26.2. The van der Waals surface area contributed by atoms with Gasteiger partial charge in [0.05, 0.1) is 32.7 Å². The van der Waals surface area contributed by atoms with Gasteiger partial charge < -0.3 is 32.4 Å². The quantitative estimate of drug-likeness (QED) is 0.0166. The average Bonchev–Trinajstić information content (AvgIpc) is 1.64. The van der Waals surface area contributed by atoms with Gasteiger partial charge in [0.25, 0.3) is 12.2 Å². The van der Waals surface area contributed by atoms with E-state index < -0.39 is 85.6 Å². The Bertz CT molecular complexity index is 6690. The third kappa shape index (κ3) is 25.2. The van der Waals surface area contributed by atoms with Gasteiger partial charge in [-0.2, -0.15) is 53.1 Å². The number of unbranched alkanes of at least 4 members (excludes halogenated alkanes) is 4. The summed E-state index contributed by atoms with van der Waals surface area (Å²) in [4.78, 5) is 22.3. The number of carbonyl (C=O) groups is 2. The van der Waals surface area contributed by atoms with Crippen molar-refractivity contribution < 1.29 is 145 Å². The Morgan fingerprint density at radius 2 is 0.721 bits per heavy atom. The minimum absolute atomic E-state index is 0. The molecule has 4 heterocycles. The van der Waals surface area contributed by atoms with E-state index in [-0.39, 0.29) is 34.3 Å². The van der Waals surface area contributed by atoms with Crippen LogP contribution in [-0.4, -0.2) is 123 Å². The van der Waals surface area contributed by atoms with Crippen molar-refractivity contribution in [3.63, 3.8) is 0 Å². The van der Waals surface area contributed by atoms with Crippen LogP contribution in [0, 0.1) is 10.8 Å². The summed E-state index contributed by atoms with van der Waals surface area (Å²) in [6, 6.07) is 76.4. The van der Waals surface area contributed by atoms with Crippen molar-refractivity contribution >= 4 is 151 Å². The molecule has 2 atom stereocenters. The van der Waals surface area contributed by atoms with Crippen LogP contribution in [0.15, 0.2) is 265 Å². The summed E-state index contributed by atoms with van der Waals surface area (Å²) in [5, 5.41) is 4.63. The van der Waals surface area contributed by atoms with Gasteiger partial charge in [-0.3, -0.25) is 22.5 Å². The van der Waals surface area contributed by atoms with Gasteiger partial charge >= 0.3 is 71.9 Å². The fourth-order valence-corrected chi connectivity index (χ4v) is 18.6. The van der Waals surface area contributed by atoms with Gasteiger partial charge in [-0.25, -0.2) is 16.8 Å². The first-order valence-electron chi connectivity index (χ1n) is 46.1. The topological polar surface area (TPSA) is 183 Å². The Hall–Kier alpha value is -11.1. The van der Waals surface area contributed by atoms with E-state index in [9.17, 15) is 92.4 Å². The number of alkyl halides is 10. The van der Waals surface area contributed by atoms with E-state index in [4.69, 9.17) is 0 Å². The number of nitrogens with zero attached hydrogens (tertiary/aromatic N) is 4. The van der Waals surface area contributed by atoms with Gasteiger partial charge in [0, 0.05) is 93.5 Å². The molecule has 0 spiro atoms. The zero-order valence-electron chi connectivity index (χ0n) is 79.7. The van der Waals surface area contributed by atoms with E-state index in [0.29, 0.717) is 0 Å². The predicted molar refractivity (Wildman–Crippen MR) is 522 cm³/mol. The Morgan fingerprint density at radius 3 is 1.03 bits per heavy atom. The van der Waals surface area contributed by atoms with Crippen molar-refractivity contribution in [3.05, 3.63) is 298 Å². The molecule has 4 aliphatic rings. The molecule has 0 amide bonds. The summed E-state index contributed by atoms with van der Waals surface area (Å²) in [6.07, 6.45) is 15.0. The summed E-state index contributed by atoms with van der Waals surface area (Å²) in [7, 11) is -17.0. The fourth-order valence-electron chi connectivity index (χ4n) is 17.8. The molecule has 0 bridgehead atoms. The van der Waals surface area contributed by atoms with Gasteiger partial charge in [0.15, 0.2) is 20.2 Å².